The first kappa shape index (κ1) is 10.1. The van der Waals surface area contributed by atoms with Gasteiger partial charge < -0.3 is 4.74 Å². The van der Waals surface area contributed by atoms with E-state index in [2.05, 4.69) is 16.9 Å². The zero-order valence-corrected chi connectivity index (χ0v) is 8.99. The maximum absolute atomic E-state index is 11.4. The normalized spacial score (nSPS) is 17.2. The van der Waals surface area contributed by atoms with Gasteiger partial charge in [0.25, 0.3) is 0 Å². The van der Waals surface area contributed by atoms with Crippen molar-refractivity contribution in [2.45, 2.75) is 32.1 Å². The first-order chi connectivity index (χ1) is 7.15. The highest BCUT2D eigenvalue weighted by Crippen LogP contribution is 2.45. The first-order valence-electron chi connectivity index (χ1n) is 5.16. The largest absolute Gasteiger partial charge is 0.461 e. The summed E-state index contributed by atoms with van der Waals surface area (Å²) in [5, 5.41) is 0. The monoisotopic (exact) mass is 206 g/mol. The Balaban J connectivity index is 2.23. The fourth-order valence-corrected chi connectivity index (χ4v) is 1.38. The standard InChI is InChI=1S/C11H14N2O2/c1-3-15-9(14)8-4-7-12-10(13-8)11(2)5-6-11/h4,7H,3,5-6H2,1-2H3. The van der Waals surface area contributed by atoms with Gasteiger partial charge in [-0.1, -0.05) is 6.92 Å². The van der Waals surface area contributed by atoms with Gasteiger partial charge >= 0.3 is 5.97 Å². The number of carbonyl (C=O) groups excluding carboxylic acids is 1. The van der Waals surface area contributed by atoms with E-state index in [0.29, 0.717) is 12.3 Å². The molecule has 80 valence electrons. The van der Waals surface area contributed by atoms with E-state index in [-0.39, 0.29) is 11.4 Å². The van der Waals surface area contributed by atoms with Gasteiger partial charge in [0.05, 0.1) is 6.61 Å². The highest BCUT2D eigenvalue weighted by atomic mass is 16.5. The lowest BCUT2D eigenvalue weighted by Crippen LogP contribution is -2.13. The van der Waals surface area contributed by atoms with Crippen molar-refractivity contribution in [3.63, 3.8) is 0 Å². The second-order valence-electron chi connectivity index (χ2n) is 4.05. The van der Waals surface area contributed by atoms with E-state index in [1.165, 1.54) is 0 Å². The molecule has 4 nitrogen and oxygen atoms in total. The average Bonchev–Trinajstić information content (AvgIpc) is 2.99. The number of nitrogens with zero attached hydrogens (tertiary/aromatic N) is 2. The van der Waals surface area contributed by atoms with Crippen LogP contribution in [0.2, 0.25) is 0 Å². The Morgan fingerprint density at radius 1 is 1.60 bits per heavy atom. The first-order valence-corrected chi connectivity index (χ1v) is 5.16. The molecule has 0 amide bonds. The molecule has 1 aromatic rings. The second kappa shape index (κ2) is 3.61. The highest BCUT2D eigenvalue weighted by molar-refractivity contribution is 5.87. The molecule has 1 aliphatic rings. The summed E-state index contributed by atoms with van der Waals surface area (Å²) in [5.74, 6) is 0.387. The lowest BCUT2D eigenvalue weighted by Gasteiger charge is -2.07. The Hall–Kier alpha value is -1.45. The molecule has 1 aliphatic carbocycles. The topological polar surface area (TPSA) is 52.1 Å². The van der Waals surface area contributed by atoms with Crippen molar-refractivity contribution in [3.05, 3.63) is 23.8 Å². The van der Waals surface area contributed by atoms with Crippen molar-refractivity contribution in [2.24, 2.45) is 0 Å². The number of ether oxygens (including phenoxy) is 1. The van der Waals surface area contributed by atoms with Crippen molar-refractivity contribution >= 4 is 5.97 Å². The quantitative estimate of drug-likeness (QED) is 0.706. The summed E-state index contributed by atoms with van der Waals surface area (Å²) in [6, 6.07) is 1.59. The predicted octanol–water partition coefficient (Wildman–Crippen LogP) is 1.70. The van der Waals surface area contributed by atoms with Gasteiger partial charge in [-0.3, -0.25) is 0 Å². The van der Waals surface area contributed by atoms with Gasteiger partial charge in [0, 0.05) is 11.6 Å². The molecular formula is C11H14N2O2. The van der Waals surface area contributed by atoms with Crippen molar-refractivity contribution < 1.29 is 9.53 Å². The molecule has 2 rings (SSSR count). The molecule has 1 aromatic heterocycles. The summed E-state index contributed by atoms with van der Waals surface area (Å²) < 4.78 is 4.89. The number of rotatable bonds is 3. The molecule has 0 aromatic carbocycles. The third-order valence-electron chi connectivity index (χ3n) is 2.68. The molecule has 0 spiro atoms. The van der Waals surface area contributed by atoms with Crippen LogP contribution in [0.1, 0.15) is 43.0 Å². The summed E-state index contributed by atoms with van der Waals surface area (Å²) in [4.78, 5) is 19.9. The zero-order valence-electron chi connectivity index (χ0n) is 8.99. The number of hydrogen-bond donors (Lipinski definition) is 0. The molecule has 0 atom stereocenters. The van der Waals surface area contributed by atoms with Gasteiger partial charge in [-0.25, -0.2) is 14.8 Å². The van der Waals surface area contributed by atoms with E-state index >= 15 is 0 Å². The minimum atomic E-state index is -0.370. The molecule has 0 aliphatic heterocycles. The molecule has 1 saturated carbocycles. The number of hydrogen-bond acceptors (Lipinski definition) is 4. The Kier molecular flexibility index (Phi) is 2.42. The van der Waals surface area contributed by atoms with Crippen molar-refractivity contribution in [2.75, 3.05) is 6.61 Å². The lowest BCUT2D eigenvalue weighted by molar-refractivity contribution is 0.0518. The molecule has 4 heteroatoms. The molecule has 15 heavy (non-hydrogen) atoms. The van der Waals surface area contributed by atoms with Gasteiger partial charge in [0.1, 0.15) is 5.82 Å². The van der Waals surface area contributed by atoms with Crippen molar-refractivity contribution in [1.29, 1.82) is 0 Å². The predicted molar refractivity (Wildman–Crippen MR) is 54.6 cm³/mol. The Labute approximate surface area is 88.7 Å². The third-order valence-corrected chi connectivity index (χ3v) is 2.68. The maximum atomic E-state index is 11.4. The van der Waals surface area contributed by atoms with Crippen LogP contribution in [0, 0.1) is 0 Å². The van der Waals surface area contributed by atoms with Gasteiger partial charge in [-0.2, -0.15) is 0 Å². The summed E-state index contributed by atoms with van der Waals surface area (Å²) in [6.45, 7) is 4.26. The molecule has 1 fully saturated rings. The van der Waals surface area contributed by atoms with E-state index in [4.69, 9.17) is 4.74 Å². The number of esters is 1. The van der Waals surface area contributed by atoms with Crippen LogP contribution < -0.4 is 0 Å². The van der Waals surface area contributed by atoms with Gasteiger partial charge in [0.2, 0.25) is 0 Å². The molecule has 0 N–H and O–H groups in total. The Morgan fingerprint density at radius 2 is 2.33 bits per heavy atom. The van der Waals surface area contributed by atoms with Gasteiger partial charge in [0.15, 0.2) is 5.69 Å². The Bertz CT molecular complexity index is 386. The van der Waals surface area contributed by atoms with Crippen LogP contribution in [0.15, 0.2) is 12.3 Å². The van der Waals surface area contributed by atoms with Gasteiger partial charge in [-0.15, -0.1) is 0 Å². The van der Waals surface area contributed by atoms with E-state index in [9.17, 15) is 4.79 Å². The molecule has 0 unspecified atom stereocenters. The van der Waals surface area contributed by atoms with E-state index in [0.717, 1.165) is 18.7 Å². The van der Waals surface area contributed by atoms with Crippen LogP contribution in [0.5, 0.6) is 0 Å². The lowest BCUT2D eigenvalue weighted by atomic mass is 10.1. The van der Waals surface area contributed by atoms with Gasteiger partial charge in [-0.05, 0) is 25.8 Å². The zero-order chi connectivity index (χ0) is 10.9. The van der Waals surface area contributed by atoms with Crippen LogP contribution in [0.3, 0.4) is 0 Å². The third kappa shape index (κ3) is 1.98. The van der Waals surface area contributed by atoms with E-state index in [1.54, 1.807) is 19.2 Å². The Morgan fingerprint density at radius 3 is 2.93 bits per heavy atom. The fraction of sp³-hybridized carbons (Fsp3) is 0.545. The molecule has 1 heterocycles. The van der Waals surface area contributed by atoms with Crippen LogP contribution in [0.4, 0.5) is 0 Å². The summed E-state index contributed by atoms with van der Waals surface area (Å²) in [5.41, 5.74) is 0.442. The molecule has 0 bridgehead atoms. The second-order valence-corrected chi connectivity index (χ2v) is 4.05. The summed E-state index contributed by atoms with van der Waals surface area (Å²) in [6.07, 6.45) is 3.82. The maximum Gasteiger partial charge on any atom is 0.357 e. The SMILES string of the molecule is CCOC(=O)c1ccnc(C2(C)CC2)n1. The molecular weight excluding hydrogens is 192 g/mol. The van der Waals surface area contributed by atoms with E-state index in [1.807, 2.05) is 0 Å². The van der Waals surface area contributed by atoms with Crippen molar-refractivity contribution in [3.8, 4) is 0 Å². The number of carbonyl (C=O) groups is 1. The van der Waals surface area contributed by atoms with Crippen LogP contribution >= 0.6 is 0 Å². The van der Waals surface area contributed by atoms with Crippen LogP contribution in [0.25, 0.3) is 0 Å². The molecule has 0 radical (unpaired) electrons. The highest BCUT2D eigenvalue weighted by Gasteiger charge is 2.42. The minimum absolute atomic E-state index is 0.0858. The van der Waals surface area contributed by atoms with E-state index < -0.39 is 0 Å². The molecule has 0 saturated heterocycles. The van der Waals surface area contributed by atoms with Crippen molar-refractivity contribution in [1.82, 2.24) is 9.97 Å². The minimum Gasteiger partial charge on any atom is -0.461 e. The fourth-order valence-electron chi connectivity index (χ4n) is 1.38. The summed E-state index contributed by atoms with van der Waals surface area (Å²) >= 11 is 0. The number of aromatic nitrogens is 2. The van der Waals surface area contributed by atoms with Crippen LogP contribution in [-0.2, 0) is 10.2 Å². The summed E-state index contributed by atoms with van der Waals surface area (Å²) in [7, 11) is 0. The average molecular weight is 206 g/mol. The smallest absolute Gasteiger partial charge is 0.357 e. The van der Waals surface area contributed by atoms with Crippen LogP contribution in [-0.4, -0.2) is 22.5 Å².